The van der Waals surface area contributed by atoms with Crippen LogP contribution in [0.5, 0.6) is 0 Å². The van der Waals surface area contributed by atoms with E-state index in [1.807, 2.05) is 42.6 Å². The van der Waals surface area contributed by atoms with Crippen LogP contribution in [0.4, 0.5) is 0 Å². The molecule has 30 heavy (non-hydrogen) atoms. The molecule has 146 valence electrons. The van der Waals surface area contributed by atoms with Crippen LogP contribution in [-0.2, 0) is 12.3 Å². The van der Waals surface area contributed by atoms with Gasteiger partial charge in [0.05, 0.1) is 17.8 Å². The molecule has 0 aliphatic rings. The number of nitrogens with zero attached hydrogens (tertiary/aromatic N) is 5. The minimum Gasteiger partial charge on any atom is -0.297 e. The molecule has 0 atom stereocenters. The highest BCUT2D eigenvalue weighted by Gasteiger charge is 2.15. The Morgan fingerprint density at radius 3 is 2.53 bits per heavy atom. The highest BCUT2D eigenvalue weighted by Crippen LogP contribution is 2.27. The SMILES string of the molecule is c1ccc(Cn2c(SCc3ccc4ccccc4n3)nnc2-c2cccnc2)cc1. The van der Waals surface area contributed by atoms with Gasteiger partial charge in [0.1, 0.15) is 0 Å². The number of fused-ring (bicyclic) bond motifs is 1. The van der Waals surface area contributed by atoms with E-state index in [0.29, 0.717) is 6.54 Å². The van der Waals surface area contributed by atoms with Crippen molar-refractivity contribution in [2.75, 3.05) is 0 Å². The van der Waals surface area contributed by atoms with Crippen LogP contribution >= 0.6 is 11.8 Å². The summed E-state index contributed by atoms with van der Waals surface area (Å²) in [6, 6.07) is 26.7. The average molecular weight is 410 g/mol. The predicted molar refractivity (Wildman–Crippen MR) is 120 cm³/mol. The second kappa shape index (κ2) is 8.47. The van der Waals surface area contributed by atoms with Crippen molar-refractivity contribution in [2.24, 2.45) is 0 Å². The summed E-state index contributed by atoms with van der Waals surface area (Å²) >= 11 is 1.65. The van der Waals surface area contributed by atoms with Gasteiger partial charge in [0.2, 0.25) is 0 Å². The van der Waals surface area contributed by atoms with E-state index in [-0.39, 0.29) is 0 Å². The molecule has 0 aliphatic carbocycles. The fraction of sp³-hybridized carbons (Fsp3) is 0.0833. The first kappa shape index (κ1) is 18.5. The van der Waals surface area contributed by atoms with Gasteiger partial charge in [0.15, 0.2) is 11.0 Å². The second-order valence-corrected chi connectivity index (χ2v) is 7.85. The van der Waals surface area contributed by atoms with Crippen LogP contribution in [0.15, 0.2) is 96.4 Å². The quantitative estimate of drug-likeness (QED) is 0.360. The van der Waals surface area contributed by atoms with Crippen molar-refractivity contribution in [3.8, 4) is 11.4 Å². The number of pyridine rings is 2. The molecular formula is C24H19N5S. The Morgan fingerprint density at radius 2 is 1.67 bits per heavy atom. The van der Waals surface area contributed by atoms with Gasteiger partial charge in [-0.2, -0.15) is 0 Å². The third kappa shape index (κ3) is 3.95. The predicted octanol–water partition coefficient (Wildman–Crippen LogP) is 5.23. The molecule has 0 fully saturated rings. The summed E-state index contributed by atoms with van der Waals surface area (Å²) in [6.45, 7) is 0.700. The summed E-state index contributed by atoms with van der Waals surface area (Å²) in [7, 11) is 0. The van der Waals surface area contributed by atoms with Gasteiger partial charge < -0.3 is 0 Å². The van der Waals surface area contributed by atoms with E-state index in [2.05, 4.69) is 62.2 Å². The molecule has 0 spiro atoms. The van der Waals surface area contributed by atoms with Crippen molar-refractivity contribution in [1.29, 1.82) is 0 Å². The first-order valence-electron chi connectivity index (χ1n) is 9.72. The van der Waals surface area contributed by atoms with Crippen molar-refractivity contribution in [2.45, 2.75) is 17.5 Å². The number of hydrogen-bond acceptors (Lipinski definition) is 5. The van der Waals surface area contributed by atoms with Crippen molar-refractivity contribution in [3.63, 3.8) is 0 Å². The number of rotatable bonds is 6. The number of thioether (sulfide) groups is 1. The van der Waals surface area contributed by atoms with Gasteiger partial charge in [-0.15, -0.1) is 10.2 Å². The minimum absolute atomic E-state index is 0.700. The summed E-state index contributed by atoms with van der Waals surface area (Å²) < 4.78 is 2.15. The minimum atomic E-state index is 0.700. The van der Waals surface area contributed by atoms with Crippen LogP contribution in [-0.4, -0.2) is 24.7 Å². The normalized spacial score (nSPS) is 11.1. The Bertz CT molecular complexity index is 1270. The molecule has 6 heteroatoms. The first-order valence-corrected chi connectivity index (χ1v) is 10.7. The Kier molecular flexibility index (Phi) is 5.23. The molecule has 3 aromatic heterocycles. The Balaban J connectivity index is 1.45. The second-order valence-electron chi connectivity index (χ2n) is 6.90. The fourth-order valence-electron chi connectivity index (χ4n) is 3.34. The third-order valence-electron chi connectivity index (χ3n) is 4.83. The van der Waals surface area contributed by atoms with E-state index in [9.17, 15) is 0 Å². The van der Waals surface area contributed by atoms with Gasteiger partial charge >= 0.3 is 0 Å². The lowest BCUT2D eigenvalue weighted by molar-refractivity contribution is 0.714. The van der Waals surface area contributed by atoms with Crippen molar-refractivity contribution < 1.29 is 0 Å². The largest absolute Gasteiger partial charge is 0.297 e. The zero-order valence-electron chi connectivity index (χ0n) is 16.2. The lowest BCUT2D eigenvalue weighted by atomic mass is 10.2. The molecule has 0 unspecified atom stereocenters. The van der Waals surface area contributed by atoms with E-state index in [4.69, 9.17) is 4.98 Å². The van der Waals surface area contributed by atoms with E-state index in [1.165, 1.54) is 5.56 Å². The molecule has 0 saturated carbocycles. The Morgan fingerprint density at radius 1 is 0.800 bits per heavy atom. The molecule has 2 aromatic carbocycles. The smallest absolute Gasteiger partial charge is 0.192 e. The number of benzene rings is 2. The van der Waals surface area contributed by atoms with E-state index in [0.717, 1.165) is 38.9 Å². The van der Waals surface area contributed by atoms with Gasteiger partial charge in [-0.1, -0.05) is 66.4 Å². The van der Waals surface area contributed by atoms with Gasteiger partial charge in [0, 0.05) is 29.1 Å². The van der Waals surface area contributed by atoms with Crippen molar-refractivity contribution in [1.82, 2.24) is 24.7 Å². The van der Waals surface area contributed by atoms with Crippen molar-refractivity contribution >= 4 is 22.7 Å². The molecule has 0 N–H and O–H groups in total. The number of aromatic nitrogens is 5. The molecule has 0 aliphatic heterocycles. The lowest BCUT2D eigenvalue weighted by Gasteiger charge is -2.10. The van der Waals surface area contributed by atoms with Crippen molar-refractivity contribution in [3.05, 3.63) is 103 Å². The molecule has 5 nitrogen and oxygen atoms in total. The molecule has 0 saturated heterocycles. The van der Waals surface area contributed by atoms with E-state index in [1.54, 1.807) is 18.0 Å². The van der Waals surface area contributed by atoms with Crippen LogP contribution in [0.1, 0.15) is 11.3 Å². The monoisotopic (exact) mass is 409 g/mol. The topological polar surface area (TPSA) is 56.5 Å². The Hall–Kier alpha value is -3.51. The molecule has 0 radical (unpaired) electrons. The van der Waals surface area contributed by atoms with Crippen LogP contribution in [0.3, 0.4) is 0 Å². The maximum atomic E-state index is 4.78. The molecule has 5 rings (SSSR count). The van der Waals surface area contributed by atoms with Crippen LogP contribution < -0.4 is 0 Å². The van der Waals surface area contributed by atoms with E-state index >= 15 is 0 Å². The summed E-state index contributed by atoms with van der Waals surface area (Å²) in [6.07, 6.45) is 3.59. The fourth-order valence-corrected chi connectivity index (χ4v) is 4.18. The van der Waals surface area contributed by atoms with Gasteiger partial charge in [-0.25, -0.2) is 0 Å². The molecule has 3 heterocycles. The molecule has 0 bridgehead atoms. The average Bonchev–Trinajstić information content (AvgIpc) is 3.21. The van der Waals surface area contributed by atoms with Crippen LogP contribution in [0.2, 0.25) is 0 Å². The molecule has 0 amide bonds. The van der Waals surface area contributed by atoms with Crippen LogP contribution in [0, 0.1) is 0 Å². The maximum absolute atomic E-state index is 4.78. The van der Waals surface area contributed by atoms with Gasteiger partial charge in [0.25, 0.3) is 0 Å². The van der Waals surface area contributed by atoms with Gasteiger partial charge in [-0.3, -0.25) is 14.5 Å². The Labute approximate surface area is 178 Å². The van der Waals surface area contributed by atoms with E-state index < -0.39 is 0 Å². The standard InChI is InChI=1S/C24H19N5S/c1-2-7-18(8-3-1)16-29-23(20-10-6-14-25-15-20)27-28-24(29)30-17-21-13-12-19-9-4-5-11-22(19)26-21/h1-15H,16-17H2. The summed E-state index contributed by atoms with van der Waals surface area (Å²) in [5.74, 6) is 1.55. The number of hydrogen-bond donors (Lipinski definition) is 0. The summed E-state index contributed by atoms with van der Waals surface area (Å²) in [5, 5.41) is 11.0. The summed E-state index contributed by atoms with van der Waals surface area (Å²) in [5.41, 5.74) is 4.19. The third-order valence-corrected chi connectivity index (χ3v) is 5.83. The van der Waals surface area contributed by atoms with Crippen LogP contribution in [0.25, 0.3) is 22.3 Å². The summed E-state index contributed by atoms with van der Waals surface area (Å²) in [4.78, 5) is 9.02. The zero-order valence-corrected chi connectivity index (χ0v) is 17.0. The lowest BCUT2D eigenvalue weighted by Crippen LogP contribution is -2.04. The maximum Gasteiger partial charge on any atom is 0.192 e. The number of para-hydroxylation sites is 1. The van der Waals surface area contributed by atoms with Gasteiger partial charge in [-0.05, 0) is 29.8 Å². The molecular weight excluding hydrogens is 390 g/mol. The zero-order chi connectivity index (χ0) is 20.2. The highest BCUT2D eigenvalue weighted by atomic mass is 32.2. The molecule has 5 aromatic rings. The first-order chi connectivity index (χ1) is 14.9. The highest BCUT2D eigenvalue weighted by molar-refractivity contribution is 7.98.